The first-order chi connectivity index (χ1) is 13.7. The van der Waals surface area contributed by atoms with Crippen molar-refractivity contribution in [2.45, 2.75) is 18.9 Å². The highest BCUT2D eigenvalue weighted by molar-refractivity contribution is 5.79. The number of pyridine rings is 1. The van der Waals surface area contributed by atoms with Crippen molar-refractivity contribution < 1.29 is 9.53 Å². The molecule has 1 aliphatic rings. The summed E-state index contributed by atoms with van der Waals surface area (Å²) in [5, 5.41) is 15.5. The summed E-state index contributed by atoms with van der Waals surface area (Å²) in [7, 11) is 1.65. The van der Waals surface area contributed by atoms with Crippen molar-refractivity contribution in [3.05, 3.63) is 42.5 Å². The number of aromatic nitrogens is 1. The maximum Gasteiger partial charge on any atom is 0.237 e. The van der Waals surface area contributed by atoms with Crippen molar-refractivity contribution in [3.63, 3.8) is 0 Å². The van der Waals surface area contributed by atoms with Crippen LogP contribution in [0.4, 0.5) is 5.82 Å². The molecule has 1 saturated heterocycles. The lowest BCUT2D eigenvalue weighted by Gasteiger charge is -2.19. The molecule has 0 saturated carbocycles. The number of methoxy groups -OCH3 is 1. The van der Waals surface area contributed by atoms with Crippen LogP contribution in [0.2, 0.25) is 0 Å². The van der Waals surface area contributed by atoms with Crippen molar-refractivity contribution in [1.82, 2.24) is 15.2 Å². The number of hydrogen-bond donors (Lipinski definition) is 2. The molecule has 1 unspecified atom stereocenters. The summed E-state index contributed by atoms with van der Waals surface area (Å²) in [5.74, 6) is 1.56. The van der Waals surface area contributed by atoms with E-state index in [1.807, 2.05) is 42.5 Å². The minimum absolute atomic E-state index is 0.0119. The lowest BCUT2D eigenvalue weighted by Crippen LogP contribution is -2.41. The fourth-order valence-corrected chi connectivity index (χ4v) is 3.25. The summed E-state index contributed by atoms with van der Waals surface area (Å²) >= 11 is 0. The van der Waals surface area contributed by atoms with E-state index in [-0.39, 0.29) is 18.5 Å². The van der Waals surface area contributed by atoms with E-state index >= 15 is 0 Å². The molecule has 0 spiro atoms. The topological polar surface area (TPSA) is 90.3 Å². The molecule has 3 rings (SSSR count). The third-order valence-corrected chi connectivity index (χ3v) is 4.72. The van der Waals surface area contributed by atoms with Crippen molar-refractivity contribution >= 4 is 11.7 Å². The van der Waals surface area contributed by atoms with Gasteiger partial charge in [-0.3, -0.25) is 4.79 Å². The minimum atomic E-state index is -0.268. The maximum atomic E-state index is 12.2. The van der Waals surface area contributed by atoms with Crippen LogP contribution in [0.3, 0.4) is 0 Å². The second-order valence-electron chi connectivity index (χ2n) is 6.62. The standard InChI is InChI=1S/C21H25N5O2/c1-28-18-7-2-5-16(13-18)19-8-3-9-20(25-19)24-11-10-23-15-21(27)26-12-4-6-17(26)14-22/h2-3,5,7-9,13,17,23H,4,6,10-12,15H2,1H3,(H,24,25). The Bertz CT molecular complexity index is 849. The number of ether oxygens (including phenoxy) is 1. The van der Waals surface area contributed by atoms with Gasteiger partial charge in [0, 0.05) is 25.2 Å². The predicted octanol–water partition coefficient (Wildman–Crippen LogP) is 2.27. The lowest BCUT2D eigenvalue weighted by atomic mass is 10.1. The number of benzene rings is 1. The number of nitrogens with zero attached hydrogens (tertiary/aromatic N) is 3. The Morgan fingerprint density at radius 1 is 1.32 bits per heavy atom. The Morgan fingerprint density at radius 3 is 3.00 bits per heavy atom. The first-order valence-electron chi connectivity index (χ1n) is 9.46. The summed E-state index contributed by atoms with van der Waals surface area (Å²) in [6.45, 7) is 2.19. The van der Waals surface area contributed by atoms with E-state index in [1.54, 1.807) is 12.0 Å². The molecule has 2 N–H and O–H groups in total. The van der Waals surface area contributed by atoms with Crippen molar-refractivity contribution in [2.75, 3.05) is 38.6 Å². The average Bonchev–Trinajstić information content (AvgIpc) is 3.22. The number of rotatable bonds is 8. The third-order valence-electron chi connectivity index (χ3n) is 4.72. The van der Waals surface area contributed by atoms with Crippen molar-refractivity contribution in [3.8, 4) is 23.1 Å². The van der Waals surface area contributed by atoms with Gasteiger partial charge in [0.05, 0.1) is 25.4 Å². The molecule has 1 amide bonds. The molecule has 146 valence electrons. The molecule has 0 bridgehead atoms. The van der Waals surface area contributed by atoms with E-state index in [4.69, 9.17) is 10.00 Å². The van der Waals surface area contributed by atoms with Crippen LogP contribution >= 0.6 is 0 Å². The van der Waals surface area contributed by atoms with E-state index in [2.05, 4.69) is 21.7 Å². The van der Waals surface area contributed by atoms with E-state index in [0.29, 0.717) is 19.6 Å². The molecular weight excluding hydrogens is 354 g/mol. The molecule has 0 radical (unpaired) electrons. The second-order valence-corrected chi connectivity index (χ2v) is 6.62. The van der Waals surface area contributed by atoms with Gasteiger partial charge in [0.2, 0.25) is 5.91 Å². The Hall–Kier alpha value is -3.11. The molecule has 1 fully saturated rings. The van der Waals surface area contributed by atoms with E-state index in [1.165, 1.54) is 0 Å². The largest absolute Gasteiger partial charge is 0.497 e. The first-order valence-corrected chi connectivity index (χ1v) is 9.46. The zero-order valence-corrected chi connectivity index (χ0v) is 16.0. The van der Waals surface area contributed by atoms with Gasteiger partial charge in [0.15, 0.2) is 0 Å². The van der Waals surface area contributed by atoms with Gasteiger partial charge >= 0.3 is 0 Å². The molecule has 0 aliphatic carbocycles. The van der Waals surface area contributed by atoms with Gasteiger partial charge in [-0.1, -0.05) is 18.2 Å². The predicted molar refractivity (Wildman–Crippen MR) is 108 cm³/mol. The van der Waals surface area contributed by atoms with Crippen LogP contribution in [-0.4, -0.2) is 55.1 Å². The molecule has 1 atom stereocenters. The maximum absolute atomic E-state index is 12.2. The van der Waals surface area contributed by atoms with Gasteiger partial charge in [-0.25, -0.2) is 4.98 Å². The van der Waals surface area contributed by atoms with Crippen LogP contribution in [0, 0.1) is 11.3 Å². The number of carbonyl (C=O) groups is 1. The monoisotopic (exact) mass is 379 g/mol. The Kier molecular flexibility index (Phi) is 6.82. The van der Waals surface area contributed by atoms with Crippen LogP contribution in [0.25, 0.3) is 11.3 Å². The molecule has 7 nitrogen and oxygen atoms in total. The highest BCUT2D eigenvalue weighted by Crippen LogP contribution is 2.23. The third kappa shape index (κ3) is 4.99. The van der Waals surface area contributed by atoms with Crippen LogP contribution in [0.1, 0.15) is 12.8 Å². The molecule has 28 heavy (non-hydrogen) atoms. The molecule has 1 aliphatic heterocycles. The summed E-state index contributed by atoms with van der Waals surface area (Å²) in [4.78, 5) is 18.5. The van der Waals surface area contributed by atoms with Gasteiger partial charge < -0.3 is 20.3 Å². The first kappa shape index (κ1) is 19.6. The van der Waals surface area contributed by atoms with Crippen molar-refractivity contribution in [2.24, 2.45) is 0 Å². The zero-order chi connectivity index (χ0) is 19.8. The number of carbonyl (C=O) groups excluding carboxylic acids is 1. The van der Waals surface area contributed by atoms with Crippen molar-refractivity contribution in [1.29, 1.82) is 5.26 Å². The fourth-order valence-electron chi connectivity index (χ4n) is 3.25. The SMILES string of the molecule is COc1cccc(-c2cccc(NCCNCC(=O)N3CCCC3C#N)n2)c1. The molecule has 2 aromatic rings. The number of anilines is 1. The van der Waals surface area contributed by atoms with Crippen LogP contribution < -0.4 is 15.4 Å². The number of hydrogen-bond acceptors (Lipinski definition) is 6. The average molecular weight is 379 g/mol. The van der Waals surface area contributed by atoms with Gasteiger partial charge in [0.25, 0.3) is 0 Å². The van der Waals surface area contributed by atoms with E-state index in [0.717, 1.165) is 35.7 Å². The van der Waals surface area contributed by atoms with Gasteiger partial charge in [-0.2, -0.15) is 5.26 Å². The minimum Gasteiger partial charge on any atom is -0.497 e. The smallest absolute Gasteiger partial charge is 0.237 e. The summed E-state index contributed by atoms with van der Waals surface area (Å²) in [5.41, 5.74) is 1.85. The quantitative estimate of drug-likeness (QED) is 0.684. The Morgan fingerprint density at radius 2 is 2.18 bits per heavy atom. The normalized spacial score (nSPS) is 15.9. The fraction of sp³-hybridized carbons (Fsp3) is 0.381. The Labute approximate surface area is 165 Å². The molecular formula is C21H25N5O2. The number of likely N-dealkylation sites (tertiary alicyclic amines) is 1. The number of amides is 1. The van der Waals surface area contributed by atoms with E-state index < -0.39 is 0 Å². The second kappa shape index (κ2) is 9.72. The summed E-state index contributed by atoms with van der Waals surface area (Å²) in [6, 6.07) is 15.5. The molecule has 1 aromatic carbocycles. The summed E-state index contributed by atoms with van der Waals surface area (Å²) in [6.07, 6.45) is 1.68. The number of nitrogens with one attached hydrogen (secondary N) is 2. The molecule has 2 heterocycles. The lowest BCUT2D eigenvalue weighted by molar-refractivity contribution is -0.130. The van der Waals surface area contributed by atoms with E-state index in [9.17, 15) is 4.79 Å². The number of nitriles is 1. The van der Waals surface area contributed by atoms with Gasteiger partial charge in [-0.05, 0) is 37.1 Å². The highest BCUT2D eigenvalue weighted by atomic mass is 16.5. The van der Waals surface area contributed by atoms with Gasteiger partial charge in [-0.15, -0.1) is 0 Å². The van der Waals surface area contributed by atoms with Gasteiger partial charge in [0.1, 0.15) is 17.6 Å². The zero-order valence-electron chi connectivity index (χ0n) is 16.0. The van der Waals surface area contributed by atoms with Crippen LogP contribution in [0.5, 0.6) is 5.75 Å². The summed E-state index contributed by atoms with van der Waals surface area (Å²) < 4.78 is 5.27. The Balaban J connectivity index is 1.45. The molecule has 1 aromatic heterocycles. The van der Waals surface area contributed by atoms with Crippen LogP contribution in [-0.2, 0) is 4.79 Å². The molecule has 7 heteroatoms. The van der Waals surface area contributed by atoms with Crippen LogP contribution in [0.15, 0.2) is 42.5 Å². The highest BCUT2D eigenvalue weighted by Gasteiger charge is 2.27.